The lowest BCUT2D eigenvalue weighted by atomic mass is 10.1. The lowest BCUT2D eigenvalue weighted by Crippen LogP contribution is -2.36. The van der Waals surface area contributed by atoms with Crippen LogP contribution in [0.1, 0.15) is 35.2 Å². The Morgan fingerprint density at radius 3 is 2.33 bits per heavy atom. The summed E-state index contributed by atoms with van der Waals surface area (Å²) in [6, 6.07) is 12.8. The van der Waals surface area contributed by atoms with E-state index in [0.29, 0.717) is 16.8 Å². The first-order valence-electron chi connectivity index (χ1n) is 8.96. The van der Waals surface area contributed by atoms with Crippen molar-refractivity contribution in [2.45, 2.75) is 25.7 Å². The van der Waals surface area contributed by atoms with E-state index in [0.717, 1.165) is 32.4 Å². The molecule has 0 atom stereocenters. The highest BCUT2D eigenvalue weighted by atomic mass is 16.6. The summed E-state index contributed by atoms with van der Waals surface area (Å²) >= 11 is 0. The molecule has 2 aromatic rings. The normalized spacial score (nSPS) is 13.9. The molecule has 1 N–H and O–H groups in total. The zero-order valence-corrected chi connectivity index (χ0v) is 14.9. The van der Waals surface area contributed by atoms with E-state index >= 15 is 0 Å². The predicted molar refractivity (Wildman–Crippen MR) is 102 cm³/mol. The van der Waals surface area contributed by atoms with E-state index in [2.05, 4.69) is 5.32 Å². The third-order valence-corrected chi connectivity index (χ3v) is 4.59. The lowest BCUT2D eigenvalue weighted by molar-refractivity contribution is -0.384. The minimum atomic E-state index is -0.480. The smallest absolute Gasteiger partial charge is 0.269 e. The van der Waals surface area contributed by atoms with Crippen LogP contribution in [0.5, 0.6) is 0 Å². The summed E-state index contributed by atoms with van der Waals surface area (Å²) in [5.74, 6) is -0.344. The molecule has 1 saturated heterocycles. The van der Waals surface area contributed by atoms with Crippen LogP contribution < -0.4 is 5.32 Å². The number of likely N-dealkylation sites (tertiary alicyclic amines) is 1. The summed E-state index contributed by atoms with van der Waals surface area (Å²) in [4.78, 5) is 37.2. The SMILES string of the molecule is O=C(Cc1ccc([N+](=O)[O-])cc1)Nc1ccccc1C(=O)N1CCCCC1. The first-order chi connectivity index (χ1) is 13.0. The summed E-state index contributed by atoms with van der Waals surface area (Å²) in [6.07, 6.45) is 3.21. The molecular weight excluding hydrogens is 346 g/mol. The van der Waals surface area contributed by atoms with E-state index in [1.165, 1.54) is 12.1 Å². The molecule has 27 heavy (non-hydrogen) atoms. The summed E-state index contributed by atoms with van der Waals surface area (Å²) in [7, 11) is 0. The number of para-hydroxylation sites is 1. The molecule has 3 rings (SSSR count). The number of nitrogens with one attached hydrogen (secondary N) is 1. The Bertz CT molecular complexity index is 843. The second-order valence-electron chi connectivity index (χ2n) is 6.55. The van der Waals surface area contributed by atoms with Gasteiger partial charge in [0.05, 0.1) is 22.6 Å². The zero-order valence-electron chi connectivity index (χ0n) is 14.9. The molecule has 1 aliphatic rings. The number of nitro benzene ring substituents is 1. The number of nitrogens with zero attached hydrogens (tertiary/aromatic N) is 2. The van der Waals surface area contributed by atoms with E-state index in [9.17, 15) is 19.7 Å². The summed E-state index contributed by atoms with van der Waals surface area (Å²) < 4.78 is 0. The van der Waals surface area contributed by atoms with Crippen LogP contribution in [-0.2, 0) is 11.2 Å². The van der Waals surface area contributed by atoms with Crippen molar-refractivity contribution in [1.29, 1.82) is 0 Å². The molecule has 2 amide bonds. The fourth-order valence-electron chi connectivity index (χ4n) is 3.16. The highest BCUT2D eigenvalue weighted by Gasteiger charge is 2.21. The van der Waals surface area contributed by atoms with Gasteiger partial charge in [0.15, 0.2) is 0 Å². The molecule has 0 saturated carbocycles. The second kappa shape index (κ2) is 8.44. The molecular formula is C20H21N3O4. The van der Waals surface area contributed by atoms with E-state index in [4.69, 9.17) is 0 Å². The standard InChI is InChI=1S/C20H21N3O4/c24-19(14-15-8-10-16(11-9-15)23(26)27)21-18-7-3-2-6-17(18)20(25)22-12-4-1-5-13-22/h2-3,6-11H,1,4-5,12-14H2,(H,21,24). The molecule has 0 aromatic heterocycles. The number of rotatable bonds is 5. The van der Waals surface area contributed by atoms with Gasteiger partial charge in [0.2, 0.25) is 5.91 Å². The van der Waals surface area contributed by atoms with Gasteiger partial charge in [-0.15, -0.1) is 0 Å². The van der Waals surface area contributed by atoms with Crippen molar-refractivity contribution < 1.29 is 14.5 Å². The van der Waals surface area contributed by atoms with Gasteiger partial charge in [-0.2, -0.15) is 0 Å². The number of carbonyl (C=O) groups excluding carboxylic acids is 2. The third kappa shape index (κ3) is 4.69. The van der Waals surface area contributed by atoms with Crippen LogP contribution >= 0.6 is 0 Å². The Hall–Kier alpha value is -3.22. The molecule has 0 aliphatic carbocycles. The van der Waals surface area contributed by atoms with Gasteiger partial charge in [0.1, 0.15) is 0 Å². The third-order valence-electron chi connectivity index (χ3n) is 4.59. The second-order valence-corrected chi connectivity index (χ2v) is 6.55. The molecule has 0 unspecified atom stereocenters. The molecule has 0 radical (unpaired) electrons. The van der Waals surface area contributed by atoms with Gasteiger partial charge in [-0.3, -0.25) is 19.7 Å². The molecule has 1 aliphatic heterocycles. The average Bonchev–Trinajstić information content (AvgIpc) is 2.69. The number of hydrogen-bond donors (Lipinski definition) is 1. The van der Waals surface area contributed by atoms with Crippen LogP contribution in [0.15, 0.2) is 48.5 Å². The van der Waals surface area contributed by atoms with Gasteiger partial charge in [-0.05, 0) is 37.0 Å². The topological polar surface area (TPSA) is 92.5 Å². The lowest BCUT2D eigenvalue weighted by Gasteiger charge is -2.27. The van der Waals surface area contributed by atoms with Crippen LogP contribution in [0.25, 0.3) is 0 Å². The van der Waals surface area contributed by atoms with Gasteiger partial charge >= 0.3 is 0 Å². The first-order valence-corrected chi connectivity index (χ1v) is 8.96. The summed E-state index contributed by atoms with van der Waals surface area (Å²) in [5.41, 5.74) is 1.62. The van der Waals surface area contributed by atoms with Crippen LogP contribution in [0.2, 0.25) is 0 Å². The number of carbonyl (C=O) groups is 2. The van der Waals surface area contributed by atoms with E-state index < -0.39 is 4.92 Å². The highest BCUT2D eigenvalue weighted by molar-refractivity contribution is 6.04. The van der Waals surface area contributed by atoms with Crippen molar-refractivity contribution >= 4 is 23.2 Å². The summed E-state index contributed by atoms with van der Waals surface area (Å²) in [5, 5.41) is 13.5. The summed E-state index contributed by atoms with van der Waals surface area (Å²) in [6.45, 7) is 1.48. The van der Waals surface area contributed by atoms with Crippen molar-refractivity contribution in [3.8, 4) is 0 Å². The number of piperidine rings is 1. The number of non-ortho nitro benzene ring substituents is 1. The van der Waals surface area contributed by atoms with Crippen molar-refractivity contribution in [2.75, 3.05) is 18.4 Å². The Balaban J connectivity index is 1.68. The van der Waals surface area contributed by atoms with Gasteiger partial charge < -0.3 is 10.2 Å². The maximum Gasteiger partial charge on any atom is 0.269 e. The minimum Gasteiger partial charge on any atom is -0.339 e. The van der Waals surface area contributed by atoms with E-state index in [-0.39, 0.29) is 23.9 Å². The number of hydrogen-bond acceptors (Lipinski definition) is 4. The quantitative estimate of drug-likeness (QED) is 0.647. The van der Waals surface area contributed by atoms with Crippen LogP contribution in [0.4, 0.5) is 11.4 Å². The van der Waals surface area contributed by atoms with Crippen LogP contribution in [-0.4, -0.2) is 34.7 Å². The van der Waals surface area contributed by atoms with Crippen LogP contribution in [0.3, 0.4) is 0 Å². The Kier molecular flexibility index (Phi) is 5.80. The molecule has 1 fully saturated rings. The molecule has 140 valence electrons. The van der Waals surface area contributed by atoms with Crippen molar-refractivity contribution in [3.63, 3.8) is 0 Å². The van der Waals surface area contributed by atoms with Gasteiger partial charge in [-0.25, -0.2) is 0 Å². The van der Waals surface area contributed by atoms with E-state index in [1.54, 1.807) is 36.4 Å². The fraction of sp³-hybridized carbons (Fsp3) is 0.300. The zero-order chi connectivity index (χ0) is 19.2. The molecule has 7 nitrogen and oxygen atoms in total. The highest BCUT2D eigenvalue weighted by Crippen LogP contribution is 2.20. The average molecular weight is 367 g/mol. The molecule has 7 heteroatoms. The van der Waals surface area contributed by atoms with Gasteiger partial charge in [-0.1, -0.05) is 24.3 Å². The Labute approximate surface area is 157 Å². The molecule has 2 aromatic carbocycles. The first kappa shape index (κ1) is 18.6. The fourth-order valence-corrected chi connectivity index (χ4v) is 3.16. The van der Waals surface area contributed by atoms with Crippen molar-refractivity contribution in [1.82, 2.24) is 4.90 Å². The molecule has 1 heterocycles. The number of nitro groups is 1. The largest absolute Gasteiger partial charge is 0.339 e. The van der Waals surface area contributed by atoms with Crippen molar-refractivity contribution in [3.05, 3.63) is 69.8 Å². The van der Waals surface area contributed by atoms with Gasteiger partial charge in [0.25, 0.3) is 11.6 Å². The maximum absolute atomic E-state index is 12.8. The molecule has 0 bridgehead atoms. The number of anilines is 1. The van der Waals surface area contributed by atoms with E-state index in [1.807, 2.05) is 4.90 Å². The maximum atomic E-state index is 12.8. The minimum absolute atomic E-state index is 0.0170. The number of benzene rings is 2. The Morgan fingerprint density at radius 1 is 1.00 bits per heavy atom. The Morgan fingerprint density at radius 2 is 1.67 bits per heavy atom. The van der Waals surface area contributed by atoms with Crippen molar-refractivity contribution in [2.24, 2.45) is 0 Å². The van der Waals surface area contributed by atoms with Crippen LogP contribution in [0, 0.1) is 10.1 Å². The predicted octanol–water partition coefficient (Wildman–Crippen LogP) is 3.40. The monoisotopic (exact) mass is 367 g/mol. The van der Waals surface area contributed by atoms with Gasteiger partial charge in [0, 0.05) is 25.2 Å². The molecule has 0 spiro atoms. The number of amides is 2.